The molecule has 0 unspecified atom stereocenters. The van der Waals surface area contributed by atoms with E-state index in [9.17, 15) is 8.42 Å². The van der Waals surface area contributed by atoms with Crippen molar-refractivity contribution in [2.75, 3.05) is 7.11 Å². The molecule has 4 rings (SSSR count). The minimum atomic E-state index is -3.85. The van der Waals surface area contributed by atoms with Crippen molar-refractivity contribution in [3.05, 3.63) is 95.1 Å². The molecule has 0 bridgehead atoms. The summed E-state index contributed by atoms with van der Waals surface area (Å²) in [5.74, 6) is 0.646. The van der Waals surface area contributed by atoms with Crippen molar-refractivity contribution in [2.24, 2.45) is 5.10 Å². The van der Waals surface area contributed by atoms with E-state index in [1.165, 1.54) is 4.41 Å². The standard InChI is InChI=1S/C24H24N2O3S/c1-17-12-14-19(15-13-17)21-16-22(20-9-5-6-10-23(20)29-3)26(25-21)30(27,28)24-11-7-4-8-18(24)2/h4-15,22H,16H2,1-3H3/t22-/m0/s1. The highest BCUT2D eigenvalue weighted by Gasteiger charge is 2.39. The molecule has 1 atom stereocenters. The molecular formula is C24H24N2O3S. The van der Waals surface area contributed by atoms with Crippen molar-refractivity contribution in [3.8, 4) is 5.75 Å². The highest BCUT2D eigenvalue weighted by Crippen LogP contribution is 2.40. The van der Waals surface area contributed by atoms with Crippen molar-refractivity contribution in [3.63, 3.8) is 0 Å². The number of methoxy groups -OCH3 is 1. The molecule has 30 heavy (non-hydrogen) atoms. The number of benzene rings is 3. The van der Waals surface area contributed by atoms with Gasteiger partial charge in [0.25, 0.3) is 10.0 Å². The summed E-state index contributed by atoms with van der Waals surface area (Å²) < 4.78 is 34.1. The van der Waals surface area contributed by atoms with E-state index in [1.807, 2.05) is 61.5 Å². The van der Waals surface area contributed by atoms with Crippen molar-refractivity contribution in [2.45, 2.75) is 31.2 Å². The predicted molar refractivity (Wildman–Crippen MR) is 118 cm³/mol. The zero-order chi connectivity index (χ0) is 21.3. The van der Waals surface area contributed by atoms with E-state index in [4.69, 9.17) is 4.74 Å². The molecule has 0 aliphatic carbocycles. The van der Waals surface area contributed by atoms with Crippen LogP contribution in [0.3, 0.4) is 0 Å². The number of para-hydroxylation sites is 1. The van der Waals surface area contributed by atoms with Crippen LogP contribution in [0.25, 0.3) is 0 Å². The van der Waals surface area contributed by atoms with Gasteiger partial charge in [0.1, 0.15) is 5.75 Å². The molecule has 3 aromatic rings. The second kappa shape index (κ2) is 7.95. The summed E-state index contributed by atoms with van der Waals surface area (Å²) in [6, 6.07) is 22.0. The Hall–Kier alpha value is -3.12. The summed E-state index contributed by atoms with van der Waals surface area (Å²) in [4.78, 5) is 0.263. The van der Waals surface area contributed by atoms with Crippen molar-refractivity contribution in [1.29, 1.82) is 0 Å². The molecular weight excluding hydrogens is 396 g/mol. The van der Waals surface area contributed by atoms with E-state index >= 15 is 0 Å². The molecule has 0 saturated heterocycles. The molecule has 0 spiro atoms. The Morgan fingerprint density at radius 2 is 1.60 bits per heavy atom. The van der Waals surface area contributed by atoms with Gasteiger partial charge in [-0.3, -0.25) is 0 Å². The van der Waals surface area contributed by atoms with Crippen LogP contribution in [0.4, 0.5) is 0 Å². The van der Waals surface area contributed by atoms with Crippen molar-refractivity contribution < 1.29 is 13.2 Å². The molecule has 5 nitrogen and oxygen atoms in total. The molecule has 0 amide bonds. The third-order valence-electron chi connectivity index (χ3n) is 5.37. The molecule has 3 aromatic carbocycles. The van der Waals surface area contributed by atoms with E-state index in [1.54, 1.807) is 32.2 Å². The zero-order valence-electron chi connectivity index (χ0n) is 17.2. The van der Waals surface area contributed by atoms with Crippen LogP contribution in [-0.2, 0) is 10.0 Å². The minimum Gasteiger partial charge on any atom is -0.496 e. The van der Waals surface area contributed by atoms with Crippen LogP contribution in [0, 0.1) is 13.8 Å². The average molecular weight is 421 g/mol. The lowest BCUT2D eigenvalue weighted by Gasteiger charge is -2.25. The van der Waals surface area contributed by atoms with Gasteiger partial charge in [-0.2, -0.15) is 17.9 Å². The van der Waals surface area contributed by atoms with E-state index in [0.717, 1.165) is 22.4 Å². The molecule has 6 heteroatoms. The summed E-state index contributed by atoms with van der Waals surface area (Å²) in [5, 5.41) is 4.62. The molecule has 1 aliphatic heterocycles. The Bertz CT molecular complexity index is 1200. The maximum Gasteiger partial charge on any atom is 0.279 e. The molecule has 1 aliphatic rings. The van der Waals surface area contributed by atoms with Gasteiger partial charge in [-0.15, -0.1) is 0 Å². The molecule has 0 fully saturated rings. The number of aryl methyl sites for hydroxylation is 2. The number of hydrazone groups is 1. The van der Waals surface area contributed by atoms with Crippen LogP contribution in [0.2, 0.25) is 0 Å². The molecule has 154 valence electrons. The monoisotopic (exact) mass is 420 g/mol. The maximum atomic E-state index is 13.6. The average Bonchev–Trinajstić information content (AvgIpc) is 3.20. The lowest BCUT2D eigenvalue weighted by Crippen LogP contribution is -2.28. The molecule has 0 radical (unpaired) electrons. The van der Waals surface area contributed by atoms with Gasteiger partial charge in [0.05, 0.1) is 23.8 Å². The van der Waals surface area contributed by atoms with E-state index in [0.29, 0.717) is 17.7 Å². The second-order valence-electron chi connectivity index (χ2n) is 7.42. The first-order valence-corrected chi connectivity index (χ1v) is 11.2. The van der Waals surface area contributed by atoms with Crippen LogP contribution >= 0.6 is 0 Å². The first-order chi connectivity index (χ1) is 14.4. The Labute approximate surface area is 177 Å². The molecule has 1 heterocycles. The fourth-order valence-corrected chi connectivity index (χ4v) is 5.41. The Morgan fingerprint density at radius 1 is 0.933 bits per heavy atom. The van der Waals surface area contributed by atoms with Crippen LogP contribution < -0.4 is 4.74 Å². The van der Waals surface area contributed by atoms with Gasteiger partial charge in [-0.25, -0.2) is 0 Å². The van der Waals surface area contributed by atoms with Crippen molar-refractivity contribution in [1.82, 2.24) is 4.41 Å². The minimum absolute atomic E-state index is 0.263. The predicted octanol–water partition coefficient (Wildman–Crippen LogP) is 4.85. The Kier molecular flexibility index (Phi) is 5.35. The number of rotatable bonds is 5. The highest BCUT2D eigenvalue weighted by atomic mass is 32.2. The highest BCUT2D eigenvalue weighted by molar-refractivity contribution is 7.89. The molecule has 0 N–H and O–H groups in total. The van der Waals surface area contributed by atoms with Gasteiger partial charge in [0, 0.05) is 12.0 Å². The second-order valence-corrected chi connectivity index (χ2v) is 9.18. The van der Waals surface area contributed by atoms with Gasteiger partial charge in [-0.05, 0) is 37.1 Å². The maximum absolute atomic E-state index is 13.6. The summed E-state index contributed by atoms with van der Waals surface area (Å²) in [6.07, 6.45) is 0.467. The number of hydrogen-bond donors (Lipinski definition) is 0. The number of ether oxygens (including phenoxy) is 1. The lowest BCUT2D eigenvalue weighted by molar-refractivity contribution is 0.350. The van der Waals surface area contributed by atoms with E-state index in [2.05, 4.69) is 5.10 Å². The Morgan fingerprint density at radius 3 is 2.30 bits per heavy atom. The fraction of sp³-hybridized carbons (Fsp3) is 0.208. The quantitative estimate of drug-likeness (QED) is 0.593. The van der Waals surface area contributed by atoms with Crippen LogP contribution in [0.1, 0.15) is 34.7 Å². The number of sulfonamides is 1. The third kappa shape index (κ3) is 3.59. The SMILES string of the molecule is COc1ccccc1[C@@H]1CC(c2ccc(C)cc2)=NN1S(=O)(=O)c1ccccc1C. The smallest absolute Gasteiger partial charge is 0.279 e. The summed E-state index contributed by atoms with van der Waals surface area (Å²) >= 11 is 0. The van der Waals surface area contributed by atoms with Gasteiger partial charge in [0.15, 0.2) is 0 Å². The summed E-state index contributed by atoms with van der Waals surface area (Å²) in [5.41, 5.74) is 4.28. The van der Waals surface area contributed by atoms with Crippen LogP contribution in [0.15, 0.2) is 82.8 Å². The van der Waals surface area contributed by atoms with Crippen molar-refractivity contribution >= 4 is 15.7 Å². The van der Waals surface area contributed by atoms with Gasteiger partial charge in [-0.1, -0.05) is 66.2 Å². The van der Waals surface area contributed by atoms with Gasteiger partial charge >= 0.3 is 0 Å². The van der Waals surface area contributed by atoms with Gasteiger partial charge in [0.2, 0.25) is 0 Å². The van der Waals surface area contributed by atoms with Crippen LogP contribution in [0.5, 0.6) is 5.75 Å². The fourth-order valence-electron chi connectivity index (χ4n) is 3.75. The largest absolute Gasteiger partial charge is 0.496 e. The van der Waals surface area contributed by atoms with Gasteiger partial charge < -0.3 is 4.74 Å². The summed E-state index contributed by atoms with van der Waals surface area (Å²) in [7, 11) is -2.26. The van der Waals surface area contributed by atoms with Crippen LogP contribution in [-0.4, -0.2) is 25.7 Å². The normalized spacial score (nSPS) is 16.4. The number of nitrogens with zero attached hydrogens (tertiary/aromatic N) is 2. The van der Waals surface area contributed by atoms with E-state index in [-0.39, 0.29) is 4.90 Å². The third-order valence-corrected chi connectivity index (χ3v) is 7.22. The number of hydrogen-bond acceptors (Lipinski definition) is 4. The Balaban J connectivity index is 1.85. The topological polar surface area (TPSA) is 59.0 Å². The lowest BCUT2D eigenvalue weighted by atomic mass is 9.98. The molecule has 0 saturated carbocycles. The first kappa shape index (κ1) is 20.2. The zero-order valence-corrected chi connectivity index (χ0v) is 18.1. The summed E-state index contributed by atoms with van der Waals surface area (Å²) in [6.45, 7) is 3.82. The van der Waals surface area contributed by atoms with E-state index < -0.39 is 16.1 Å². The molecule has 0 aromatic heterocycles. The first-order valence-electron chi connectivity index (χ1n) is 9.79.